The van der Waals surface area contributed by atoms with Gasteiger partial charge in [-0.15, -0.1) is 0 Å². The van der Waals surface area contributed by atoms with Crippen LogP contribution in [0.15, 0.2) is 12.1 Å². The summed E-state index contributed by atoms with van der Waals surface area (Å²) >= 11 is 6.13. The van der Waals surface area contributed by atoms with Crippen molar-refractivity contribution >= 4 is 17.4 Å². The number of ether oxygens (including phenoxy) is 1. The lowest BCUT2D eigenvalue weighted by Gasteiger charge is -2.09. The molecular formula is C12H13ClO2. The number of Topliss-reactive ketones (excluding diaryl/α,β-unsaturated/α-hetero) is 1. The lowest BCUT2D eigenvalue weighted by atomic mass is 10.0. The Hall–Kier alpha value is -1.02. The van der Waals surface area contributed by atoms with Crippen LogP contribution in [0.1, 0.15) is 35.2 Å². The first kappa shape index (κ1) is 10.5. The Balaban J connectivity index is 2.55. The van der Waals surface area contributed by atoms with E-state index in [9.17, 15) is 4.79 Å². The summed E-state index contributed by atoms with van der Waals surface area (Å²) in [6.45, 7) is 0. The number of methoxy groups -OCH3 is 1. The van der Waals surface area contributed by atoms with E-state index in [4.69, 9.17) is 16.3 Å². The minimum Gasteiger partial charge on any atom is -0.497 e. The third kappa shape index (κ3) is 2.00. The van der Waals surface area contributed by atoms with Crippen molar-refractivity contribution in [3.05, 3.63) is 28.3 Å². The van der Waals surface area contributed by atoms with Crippen molar-refractivity contribution < 1.29 is 9.53 Å². The summed E-state index contributed by atoms with van der Waals surface area (Å²) in [5, 5.41) is 0.652. The number of rotatable bonds is 1. The summed E-state index contributed by atoms with van der Waals surface area (Å²) in [6.07, 6.45) is 3.50. The molecule has 15 heavy (non-hydrogen) atoms. The van der Waals surface area contributed by atoms with Gasteiger partial charge < -0.3 is 4.74 Å². The molecule has 0 N–H and O–H groups in total. The maximum atomic E-state index is 11.8. The molecule has 0 atom stereocenters. The summed E-state index contributed by atoms with van der Waals surface area (Å²) < 4.78 is 5.11. The first-order valence-electron chi connectivity index (χ1n) is 5.12. The highest BCUT2D eigenvalue weighted by atomic mass is 35.5. The molecule has 0 unspecified atom stereocenters. The van der Waals surface area contributed by atoms with E-state index in [0.29, 0.717) is 17.2 Å². The van der Waals surface area contributed by atoms with Gasteiger partial charge in [0.15, 0.2) is 5.78 Å². The summed E-state index contributed by atoms with van der Waals surface area (Å²) in [5.74, 6) is 0.845. The zero-order valence-corrected chi connectivity index (χ0v) is 9.43. The van der Waals surface area contributed by atoms with Gasteiger partial charge in [0.25, 0.3) is 0 Å². The number of fused-ring (bicyclic) bond motifs is 1. The normalized spacial score (nSPS) is 15.7. The van der Waals surface area contributed by atoms with Gasteiger partial charge in [-0.25, -0.2) is 0 Å². The molecule has 0 fully saturated rings. The van der Waals surface area contributed by atoms with Gasteiger partial charge in [-0.1, -0.05) is 11.6 Å². The molecule has 0 bridgehead atoms. The van der Waals surface area contributed by atoms with E-state index >= 15 is 0 Å². The van der Waals surface area contributed by atoms with Crippen LogP contribution in [0.3, 0.4) is 0 Å². The van der Waals surface area contributed by atoms with Crippen LogP contribution in [0.5, 0.6) is 5.75 Å². The standard InChI is InChI=1S/C12H13ClO2/c1-15-8-6-10-9(11(13)7-8)4-2-3-5-12(10)14/h6-7H,2-5H2,1H3. The molecular weight excluding hydrogens is 212 g/mol. The fourth-order valence-corrected chi connectivity index (χ4v) is 2.26. The molecule has 0 heterocycles. The van der Waals surface area contributed by atoms with Crippen LogP contribution < -0.4 is 4.74 Å². The van der Waals surface area contributed by atoms with Crippen molar-refractivity contribution in [3.8, 4) is 5.75 Å². The molecule has 1 aliphatic rings. The molecule has 0 aromatic heterocycles. The molecule has 0 radical (unpaired) electrons. The molecule has 0 aliphatic heterocycles. The summed E-state index contributed by atoms with van der Waals surface area (Å²) in [7, 11) is 1.58. The average molecular weight is 225 g/mol. The smallest absolute Gasteiger partial charge is 0.163 e. The van der Waals surface area contributed by atoms with Crippen molar-refractivity contribution in [3.63, 3.8) is 0 Å². The van der Waals surface area contributed by atoms with Crippen LogP contribution in [0.25, 0.3) is 0 Å². The lowest BCUT2D eigenvalue weighted by molar-refractivity contribution is 0.0981. The predicted octanol–water partition coefficient (Wildman–Crippen LogP) is 3.26. The van der Waals surface area contributed by atoms with Crippen molar-refractivity contribution in [2.75, 3.05) is 7.11 Å². The van der Waals surface area contributed by atoms with Gasteiger partial charge in [0.2, 0.25) is 0 Å². The number of hydrogen-bond donors (Lipinski definition) is 0. The van der Waals surface area contributed by atoms with E-state index in [0.717, 1.165) is 30.4 Å². The summed E-state index contributed by atoms with van der Waals surface area (Å²) in [5.41, 5.74) is 1.73. The molecule has 1 aliphatic carbocycles. The Labute approximate surface area is 94.2 Å². The molecule has 80 valence electrons. The van der Waals surface area contributed by atoms with E-state index in [2.05, 4.69) is 0 Å². The second-order valence-corrected chi connectivity index (χ2v) is 4.17. The molecule has 3 heteroatoms. The number of halogens is 1. The quantitative estimate of drug-likeness (QED) is 0.685. The van der Waals surface area contributed by atoms with Gasteiger partial charge >= 0.3 is 0 Å². The Kier molecular flexibility index (Phi) is 2.96. The topological polar surface area (TPSA) is 26.3 Å². The first-order chi connectivity index (χ1) is 7.22. The lowest BCUT2D eigenvalue weighted by Crippen LogP contribution is -2.01. The number of ketones is 1. The van der Waals surface area contributed by atoms with E-state index in [1.165, 1.54) is 0 Å². The second kappa shape index (κ2) is 4.23. The van der Waals surface area contributed by atoms with Crippen LogP contribution in [0.2, 0.25) is 5.02 Å². The highest BCUT2D eigenvalue weighted by Crippen LogP contribution is 2.31. The van der Waals surface area contributed by atoms with Crippen molar-refractivity contribution in [2.45, 2.75) is 25.7 Å². The molecule has 2 nitrogen and oxygen atoms in total. The maximum Gasteiger partial charge on any atom is 0.163 e. The van der Waals surface area contributed by atoms with Crippen molar-refractivity contribution in [1.29, 1.82) is 0 Å². The van der Waals surface area contributed by atoms with Crippen molar-refractivity contribution in [1.82, 2.24) is 0 Å². The van der Waals surface area contributed by atoms with Crippen LogP contribution in [-0.4, -0.2) is 12.9 Å². The van der Waals surface area contributed by atoms with Crippen LogP contribution in [0, 0.1) is 0 Å². The molecule has 2 rings (SSSR count). The third-order valence-corrected chi connectivity index (χ3v) is 3.12. The third-order valence-electron chi connectivity index (χ3n) is 2.79. The van der Waals surface area contributed by atoms with Gasteiger partial charge in [-0.05, 0) is 37.0 Å². The Morgan fingerprint density at radius 1 is 1.27 bits per heavy atom. The highest BCUT2D eigenvalue weighted by Gasteiger charge is 2.18. The van der Waals surface area contributed by atoms with Crippen LogP contribution >= 0.6 is 11.6 Å². The predicted molar refractivity (Wildman–Crippen MR) is 59.9 cm³/mol. The minimum absolute atomic E-state index is 0.184. The van der Waals surface area contributed by atoms with Crippen LogP contribution in [0.4, 0.5) is 0 Å². The van der Waals surface area contributed by atoms with Gasteiger partial charge in [-0.3, -0.25) is 4.79 Å². The van der Waals surface area contributed by atoms with E-state index in [-0.39, 0.29) is 5.78 Å². The molecule has 1 aromatic carbocycles. The fraction of sp³-hybridized carbons (Fsp3) is 0.417. The number of hydrogen-bond acceptors (Lipinski definition) is 2. The Bertz CT molecular complexity index is 399. The van der Waals surface area contributed by atoms with E-state index < -0.39 is 0 Å². The summed E-state index contributed by atoms with van der Waals surface area (Å²) in [6, 6.07) is 3.58. The molecule has 0 saturated carbocycles. The van der Waals surface area contributed by atoms with Gasteiger partial charge in [0, 0.05) is 17.0 Å². The monoisotopic (exact) mass is 224 g/mol. The highest BCUT2D eigenvalue weighted by molar-refractivity contribution is 6.32. The first-order valence-corrected chi connectivity index (χ1v) is 5.50. The number of carbonyl (C=O) groups is 1. The van der Waals surface area contributed by atoms with Gasteiger partial charge in [0.1, 0.15) is 5.75 Å². The average Bonchev–Trinajstić information content (AvgIpc) is 2.41. The Morgan fingerprint density at radius 2 is 2.00 bits per heavy atom. The fourth-order valence-electron chi connectivity index (χ4n) is 1.95. The number of benzene rings is 1. The van der Waals surface area contributed by atoms with Gasteiger partial charge in [-0.2, -0.15) is 0 Å². The zero-order valence-electron chi connectivity index (χ0n) is 8.68. The van der Waals surface area contributed by atoms with Gasteiger partial charge in [0.05, 0.1) is 7.11 Å². The SMILES string of the molecule is COc1cc(Cl)c2c(c1)C(=O)CCCC2. The zero-order chi connectivity index (χ0) is 10.8. The van der Waals surface area contributed by atoms with Crippen LogP contribution in [-0.2, 0) is 6.42 Å². The largest absolute Gasteiger partial charge is 0.497 e. The van der Waals surface area contributed by atoms with Crippen molar-refractivity contribution in [2.24, 2.45) is 0 Å². The molecule has 0 saturated heterocycles. The second-order valence-electron chi connectivity index (χ2n) is 3.77. The molecule has 0 spiro atoms. The molecule has 1 aromatic rings. The van der Waals surface area contributed by atoms with E-state index in [1.54, 1.807) is 19.2 Å². The summed E-state index contributed by atoms with van der Waals surface area (Å²) in [4.78, 5) is 11.8. The Morgan fingerprint density at radius 3 is 2.73 bits per heavy atom. The molecule has 0 amide bonds. The maximum absolute atomic E-state index is 11.8. The number of carbonyl (C=O) groups excluding carboxylic acids is 1. The minimum atomic E-state index is 0.184. The van der Waals surface area contributed by atoms with E-state index in [1.807, 2.05) is 0 Å².